The molecule has 4 aliphatic rings. The van der Waals surface area contributed by atoms with Crippen LogP contribution in [0.25, 0.3) is 0 Å². The Bertz CT molecular complexity index is 1250. The minimum Gasteiger partial charge on any atom is -0.377 e. The molecular formula is C28H31F3O4S. The lowest BCUT2D eigenvalue weighted by molar-refractivity contribution is -0.0795. The van der Waals surface area contributed by atoms with E-state index in [0.717, 1.165) is 31.2 Å². The molecule has 0 heterocycles. The minimum absolute atomic E-state index is 0.0317. The van der Waals surface area contributed by atoms with Gasteiger partial charge in [-0.15, -0.1) is 5.92 Å². The Kier molecular flexibility index (Phi) is 6.12. The molecule has 1 aromatic rings. The van der Waals surface area contributed by atoms with Gasteiger partial charge in [-0.3, -0.25) is 0 Å². The molecular weight excluding hydrogens is 489 g/mol. The van der Waals surface area contributed by atoms with Crippen molar-refractivity contribution in [2.45, 2.75) is 69.4 Å². The molecule has 0 aromatic heterocycles. The molecule has 4 nitrogen and oxygen atoms in total. The van der Waals surface area contributed by atoms with Crippen LogP contribution in [-0.2, 0) is 10.1 Å². The number of allylic oxidation sites excluding steroid dienone is 4. The minimum atomic E-state index is -5.73. The van der Waals surface area contributed by atoms with E-state index in [0.29, 0.717) is 24.7 Å². The molecule has 0 spiro atoms. The SMILES string of the molecule is CC#C[C@]1(O)CC[C@H]2[C@@H]3C=CC4=CCCC[C@@H]4[C@H]3[C@@H](c3ccc(OS(=O)(=O)C(F)(F)F)cc3)C[C@@]21C. The molecule has 2 saturated carbocycles. The van der Waals surface area contributed by atoms with Crippen LogP contribution in [0.1, 0.15) is 63.9 Å². The van der Waals surface area contributed by atoms with E-state index in [2.05, 4.69) is 41.2 Å². The van der Waals surface area contributed by atoms with Crippen molar-refractivity contribution >= 4 is 10.1 Å². The molecule has 8 heteroatoms. The van der Waals surface area contributed by atoms with Crippen molar-refractivity contribution in [3.63, 3.8) is 0 Å². The molecule has 7 atom stereocenters. The highest BCUT2D eigenvalue weighted by molar-refractivity contribution is 7.88. The number of rotatable bonds is 3. The maximum Gasteiger partial charge on any atom is 0.534 e. The van der Waals surface area contributed by atoms with Gasteiger partial charge in [0.25, 0.3) is 0 Å². The van der Waals surface area contributed by atoms with Crippen molar-refractivity contribution in [3.05, 3.63) is 53.6 Å². The highest BCUT2D eigenvalue weighted by atomic mass is 32.2. The van der Waals surface area contributed by atoms with Gasteiger partial charge in [0.2, 0.25) is 0 Å². The maximum absolute atomic E-state index is 12.8. The molecule has 0 aliphatic heterocycles. The van der Waals surface area contributed by atoms with E-state index >= 15 is 0 Å². The van der Waals surface area contributed by atoms with Gasteiger partial charge in [0.05, 0.1) is 0 Å². The van der Waals surface area contributed by atoms with Crippen LogP contribution in [0.4, 0.5) is 13.2 Å². The quantitative estimate of drug-likeness (QED) is 0.297. The first-order valence-electron chi connectivity index (χ1n) is 12.6. The first-order chi connectivity index (χ1) is 16.9. The predicted octanol–water partition coefficient (Wildman–Crippen LogP) is 6.10. The number of benzene rings is 1. The van der Waals surface area contributed by atoms with Gasteiger partial charge in [0.15, 0.2) is 0 Å². The molecule has 2 fully saturated rings. The number of hydrogen-bond acceptors (Lipinski definition) is 4. The molecule has 0 bridgehead atoms. The van der Waals surface area contributed by atoms with Gasteiger partial charge in [0, 0.05) is 5.41 Å². The topological polar surface area (TPSA) is 63.6 Å². The third-order valence-electron chi connectivity index (χ3n) is 9.23. The van der Waals surface area contributed by atoms with E-state index < -0.39 is 26.6 Å². The lowest BCUT2D eigenvalue weighted by Gasteiger charge is -2.56. The van der Waals surface area contributed by atoms with E-state index in [1.165, 1.54) is 17.7 Å². The standard InChI is InChI=1S/C28H31F3O4S/c1-3-15-27(32)16-14-24-22-13-10-18-6-4-5-7-21(18)25(22)23(17-26(24,27)2)19-8-11-20(12-9-19)35-36(33,34)28(29,30)31/h6,8-13,21-25,32H,4-5,7,14,16-17H2,1-2H3/t21-,22-,23+,24-,25+,26-,27-/m0/s1. The second kappa shape index (κ2) is 8.66. The summed E-state index contributed by atoms with van der Waals surface area (Å²) in [7, 11) is -5.73. The third-order valence-corrected chi connectivity index (χ3v) is 10.2. The Balaban J connectivity index is 1.55. The monoisotopic (exact) mass is 520 g/mol. The van der Waals surface area contributed by atoms with Crippen molar-refractivity contribution in [2.75, 3.05) is 0 Å². The molecule has 0 amide bonds. The van der Waals surface area contributed by atoms with Crippen LogP contribution in [-0.4, -0.2) is 24.6 Å². The number of fused-ring (bicyclic) bond motifs is 5. The van der Waals surface area contributed by atoms with Crippen molar-refractivity contribution < 1.29 is 30.9 Å². The van der Waals surface area contributed by atoms with Gasteiger partial charge in [-0.1, -0.05) is 43.2 Å². The zero-order valence-corrected chi connectivity index (χ0v) is 21.2. The Hall–Kier alpha value is -2.24. The zero-order chi connectivity index (χ0) is 25.9. The summed E-state index contributed by atoms with van der Waals surface area (Å²) in [5.41, 5.74) is -4.77. The summed E-state index contributed by atoms with van der Waals surface area (Å²) < 4.78 is 65.6. The smallest absolute Gasteiger partial charge is 0.377 e. The highest BCUT2D eigenvalue weighted by Crippen LogP contribution is 2.67. The van der Waals surface area contributed by atoms with Gasteiger partial charge in [-0.25, -0.2) is 0 Å². The van der Waals surface area contributed by atoms with Crippen LogP contribution >= 0.6 is 0 Å². The van der Waals surface area contributed by atoms with Gasteiger partial charge in [0.1, 0.15) is 11.4 Å². The summed E-state index contributed by atoms with van der Waals surface area (Å²) >= 11 is 0. The lowest BCUT2D eigenvalue weighted by atomic mass is 9.48. The summed E-state index contributed by atoms with van der Waals surface area (Å²) in [5.74, 6) is 6.91. The zero-order valence-electron chi connectivity index (χ0n) is 20.4. The average Bonchev–Trinajstić information content (AvgIpc) is 3.08. The summed E-state index contributed by atoms with van der Waals surface area (Å²) in [6, 6.07) is 5.95. The maximum atomic E-state index is 12.8. The van der Waals surface area contributed by atoms with Gasteiger partial charge in [-0.2, -0.15) is 21.6 Å². The predicted molar refractivity (Wildman–Crippen MR) is 130 cm³/mol. The van der Waals surface area contributed by atoms with E-state index in [9.17, 15) is 26.7 Å². The van der Waals surface area contributed by atoms with Crippen LogP contribution in [0.15, 0.2) is 48.1 Å². The second-order valence-corrected chi connectivity index (χ2v) is 12.5. The summed E-state index contributed by atoms with van der Waals surface area (Å²) in [5, 5.41) is 11.7. The molecule has 1 N–H and O–H groups in total. The van der Waals surface area contributed by atoms with Gasteiger partial charge < -0.3 is 9.29 Å². The van der Waals surface area contributed by atoms with Crippen molar-refractivity contribution in [2.24, 2.45) is 29.1 Å². The lowest BCUT2D eigenvalue weighted by Crippen LogP contribution is -2.53. The number of halogens is 3. The van der Waals surface area contributed by atoms with Crippen molar-refractivity contribution in [3.8, 4) is 17.6 Å². The fourth-order valence-corrected chi connectivity index (χ4v) is 8.06. The number of alkyl halides is 3. The van der Waals surface area contributed by atoms with Crippen LogP contribution in [0.2, 0.25) is 0 Å². The van der Waals surface area contributed by atoms with E-state index in [1.54, 1.807) is 19.1 Å². The van der Waals surface area contributed by atoms with Crippen molar-refractivity contribution in [1.82, 2.24) is 0 Å². The molecule has 0 saturated heterocycles. The normalized spacial score (nSPS) is 37.6. The van der Waals surface area contributed by atoms with Gasteiger partial charge in [-0.05, 0) is 98.3 Å². The van der Waals surface area contributed by atoms with Crippen LogP contribution in [0.3, 0.4) is 0 Å². The third kappa shape index (κ3) is 3.90. The van der Waals surface area contributed by atoms with Crippen LogP contribution in [0, 0.1) is 40.9 Å². The molecule has 0 radical (unpaired) electrons. The molecule has 4 aliphatic carbocycles. The molecule has 36 heavy (non-hydrogen) atoms. The Morgan fingerprint density at radius 1 is 1.14 bits per heavy atom. The first-order valence-corrected chi connectivity index (χ1v) is 14.0. The van der Waals surface area contributed by atoms with E-state index in [-0.39, 0.29) is 23.5 Å². The Morgan fingerprint density at radius 3 is 2.53 bits per heavy atom. The van der Waals surface area contributed by atoms with Crippen LogP contribution in [0.5, 0.6) is 5.75 Å². The molecule has 0 unspecified atom stereocenters. The average molecular weight is 521 g/mol. The first kappa shape index (κ1) is 25.4. The summed E-state index contributed by atoms with van der Waals surface area (Å²) in [4.78, 5) is 0. The summed E-state index contributed by atoms with van der Waals surface area (Å²) in [6.07, 6.45) is 12.4. The van der Waals surface area contributed by atoms with E-state index in [4.69, 9.17) is 0 Å². The van der Waals surface area contributed by atoms with Gasteiger partial charge >= 0.3 is 15.6 Å². The molecule has 5 rings (SSSR count). The fourth-order valence-electron chi connectivity index (χ4n) is 7.60. The highest BCUT2D eigenvalue weighted by Gasteiger charge is 2.64. The second-order valence-electron chi connectivity index (χ2n) is 10.9. The summed E-state index contributed by atoms with van der Waals surface area (Å²) in [6.45, 7) is 3.87. The molecule has 194 valence electrons. The van der Waals surface area contributed by atoms with E-state index in [1.807, 2.05) is 0 Å². The number of aliphatic hydroxyl groups is 1. The number of hydrogen-bond donors (Lipinski definition) is 1. The fraction of sp³-hybridized carbons (Fsp3) is 0.571. The van der Waals surface area contributed by atoms with Crippen molar-refractivity contribution in [1.29, 1.82) is 0 Å². The Morgan fingerprint density at radius 2 is 1.86 bits per heavy atom. The Labute approximate surface area is 210 Å². The largest absolute Gasteiger partial charge is 0.534 e. The van der Waals surface area contributed by atoms with Crippen LogP contribution < -0.4 is 4.18 Å². The molecule has 1 aromatic carbocycles.